The zero-order chi connectivity index (χ0) is 14.5. The van der Waals surface area contributed by atoms with Crippen molar-refractivity contribution in [2.24, 2.45) is 0 Å². The second-order valence-electron chi connectivity index (χ2n) is 4.57. The minimum absolute atomic E-state index is 0.321. The quantitative estimate of drug-likeness (QED) is 0.680. The molecule has 0 saturated heterocycles. The van der Waals surface area contributed by atoms with Crippen molar-refractivity contribution < 1.29 is 0 Å². The number of hydrogen-bond acceptors (Lipinski definition) is 2. The van der Waals surface area contributed by atoms with E-state index in [1.165, 1.54) is 16.0 Å². The van der Waals surface area contributed by atoms with Gasteiger partial charge in [-0.2, -0.15) is 0 Å². The molecule has 2 aromatic rings. The van der Waals surface area contributed by atoms with Crippen LogP contribution in [-0.2, 0) is 5.75 Å². The highest BCUT2D eigenvalue weighted by atomic mass is 79.9. The first kappa shape index (κ1) is 15.9. The van der Waals surface area contributed by atoms with Crippen LogP contribution in [-0.4, -0.2) is 7.05 Å². The first-order chi connectivity index (χ1) is 9.61. The van der Waals surface area contributed by atoms with Crippen molar-refractivity contribution >= 4 is 39.3 Å². The Balaban J connectivity index is 2.19. The van der Waals surface area contributed by atoms with Gasteiger partial charge in [0.05, 0.1) is 0 Å². The summed E-state index contributed by atoms with van der Waals surface area (Å²) in [4.78, 5) is 1.29. The molecule has 1 nitrogen and oxygen atoms in total. The third-order valence-corrected chi connectivity index (χ3v) is 5.21. The Bertz CT molecular complexity index is 588. The van der Waals surface area contributed by atoms with Gasteiger partial charge >= 0.3 is 0 Å². The van der Waals surface area contributed by atoms with Gasteiger partial charge in [-0.05, 0) is 49.4 Å². The summed E-state index contributed by atoms with van der Waals surface area (Å²) in [6, 6.07) is 14.8. The molecule has 0 aliphatic carbocycles. The molecule has 0 aliphatic heterocycles. The first-order valence-corrected chi connectivity index (χ1v) is 8.60. The Labute approximate surface area is 138 Å². The number of hydrogen-bond donors (Lipinski definition) is 1. The standard InChI is InChI=1S/C16H17BrClNS/c1-11(19-2)14-9-13(17)7-8-16(14)20-10-12-5-3-4-6-15(12)18/h3-9,11,19H,10H2,1-2H3. The fraction of sp³-hybridized carbons (Fsp3) is 0.250. The lowest BCUT2D eigenvalue weighted by Gasteiger charge is -2.16. The van der Waals surface area contributed by atoms with Gasteiger partial charge in [0.2, 0.25) is 0 Å². The van der Waals surface area contributed by atoms with Crippen molar-refractivity contribution in [3.05, 3.63) is 63.1 Å². The molecule has 0 amide bonds. The second kappa shape index (κ2) is 7.51. The first-order valence-electron chi connectivity index (χ1n) is 6.44. The van der Waals surface area contributed by atoms with Crippen molar-refractivity contribution in [1.82, 2.24) is 5.32 Å². The Morgan fingerprint density at radius 3 is 2.70 bits per heavy atom. The molecule has 0 heterocycles. The maximum Gasteiger partial charge on any atom is 0.0446 e. The number of benzene rings is 2. The van der Waals surface area contributed by atoms with Gasteiger partial charge in [0, 0.05) is 26.2 Å². The van der Waals surface area contributed by atoms with E-state index < -0.39 is 0 Å². The van der Waals surface area contributed by atoms with Crippen LogP contribution in [0.3, 0.4) is 0 Å². The molecule has 1 N–H and O–H groups in total. The average molecular weight is 371 g/mol. The molecule has 0 aromatic heterocycles. The molecule has 0 fully saturated rings. The van der Waals surface area contributed by atoms with Gasteiger partial charge in [-0.3, -0.25) is 0 Å². The van der Waals surface area contributed by atoms with Gasteiger partial charge in [0.25, 0.3) is 0 Å². The number of nitrogens with one attached hydrogen (secondary N) is 1. The van der Waals surface area contributed by atoms with Crippen LogP contribution in [0.1, 0.15) is 24.1 Å². The van der Waals surface area contributed by atoms with E-state index in [1.54, 1.807) is 0 Å². The van der Waals surface area contributed by atoms with E-state index in [0.29, 0.717) is 6.04 Å². The van der Waals surface area contributed by atoms with E-state index >= 15 is 0 Å². The Morgan fingerprint density at radius 2 is 2.00 bits per heavy atom. The van der Waals surface area contributed by atoms with E-state index in [-0.39, 0.29) is 0 Å². The van der Waals surface area contributed by atoms with Crippen molar-refractivity contribution in [2.45, 2.75) is 23.6 Å². The van der Waals surface area contributed by atoms with Crippen LogP contribution >= 0.6 is 39.3 Å². The zero-order valence-electron chi connectivity index (χ0n) is 11.5. The van der Waals surface area contributed by atoms with Gasteiger partial charge in [-0.15, -0.1) is 11.8 Å². The normalized spacial score (nSPS) is 12.4. The summed E-state index contributed by atoms with van der Waals surface area (Å²) in [6.07, 6.45) is 0. The van der Waals surface area contributed by atoms with E-state index in [9.17, 15) is 0 Å². The lowest BCUT2D eigenvalue weighted by molar-refractivity contribution is 0.641. The van der Waals surface area contributed by atoms with Crippen molar-refractivity contribution in [2.75, 3.05) is 7.05 Å². The molecule has 20 heavy (non-hydrogen) atoms. The fourth-order valence-corrected chi connectivity index (χ4v) is 3.71. The Morgan fingerprint density at radius 1 is 1.25 bits per heavy atom. The number of thioether (sulfide) groups is 1. The Hall–Kier alpha value is -0.480. The average Bonchev–Trinajstić information content (AvgIpc) is 2.46. The highest BCUT2D eigenvalue weighted by Crippen LogP contribution is 2.33. The summed E-state index contributed by atoms with van der Waals surface area (Å²) >= 11 is 11.6. The maximum absolute atomic E-state index is 6.21. The largest absolute Gasteiger partial charge is 0.313 e. The fourth-order valence-electron chi connectivity index (χ4n) is 1.92. The predicted octanol–water partition coefficient (Wildman–Crippen LogP) is 5.68. The summed E-state index contributed by atoms with van der Waals surface area (Å²) in [5.41, 5.74) is 2.48. The molecule has 0 aliphatic rings. The lowest BCUT2D eigenvalue weighted by Crippen LogP contribution is -2.13. The van der Waals surface area contributed by atoms with Gasteiger partial charge < -0.3 is 5.32 Å². The summed E-state index contributed by atoms with van der Waals surface area (Å²) in [7, 11) is 1.98. The summed E-state index contributed by atoms with van der Waals surface area (Å²) < 4.78 is 1.11. The molecular formula is C16H17BrClNS. The monoisotopic (exact) mass is 369 g/mol. The SMILES string of the molecule is CNC(C)c1cc(Br)ccc1SCc1ccccc1Cl. The van der Waals surface area contributed by atoms with Gasteiger partial charge in [-0.25, -0.2) is 0 Å². The molecule has 4 heteroatoms. The smallest absolute Gasteiger partial charge is 0.0446 e. The lowest BCUT2D eigenvalue weighted by atomic mass is 10.1. The summed E-state index contributed by atoms with van der Waals surface area (Å²) in [5.74, 6) is 0.880. The highest BCUT2D eigenvalue weighted by molar-refractivity contribution is 9.10. The molecule has 0 spiro atoms. The minimum atomic E-state index is 0.321. The molecule has 0 saturated carbocycles. The maximum atomic E-state index is 6.21. The zero-order valence-corrected chi connectivity index (χ0v) is 14.6. The van der Waals surface area contributed by atoms with Crippen LogP contribution in [0.2, 0.25) is 5.02 Å². The van der Waals surface area contributed by atoms with Gasteiger partial charge in [-0.1, -0.05) is 45.7 Å². The highest BCUT2D eigenvalue weighted by Gasteiger charge is 2.11. The molecule has 2 rings (SSSR count). The van der Waals surface area contributed by atoms with Crippen LogP contribution in [0.5, 0.6) is 0 Å². The van der Waals surface area contributed by atoms with Gasteiger partial charge in [0.1, 0.15) is 0 Å². The van der Waals surface area contributed by atoms with Crippen LogP contribution < -0.4 is 5.32 Å². The van der Waals surface area contributed by atoms with E-state index in [1.807, 2.05) is 37.0 Å². The molecule has 0 bridgehead atoms. The van der Waals surface area contributed by atoms with Crippen molar-refractivity contribution in [1.29, 1.82) is 0 Å². The third-order valence-electron chi connectivity index (χ3n) is 3.21. The number of halogens is 2. The molecule has 0 radical (unpaired) electrons. The minimum Gasteiger partial charge on any atom is -0.313 e. The van der Waals surface area contributed by atoms with E-state index in [0.717, 1.165) is 15.2 Å². The number of rotatable bonds is 5. The predicted molar refractivity (Wildman–Crippen MR) is 92.6 cm³/mol. The van der Waals surface area contributed by atoms with E-state index in [2.05, 4.69) is 52.4 Å². The van der Waals surface area contributed by atoms with Crippen LogP contribution in [0, 0.1) is 0 Å². The van der Waals surface area contributed by atoms with Crippen LogP contribution in [0.4, 0.5) is 0 Å². The Kier molecular flexibility index (Phi) is 5.97. The molecule has 106 valence electrons. The van der Waals surface area contributed by atoms with Crippen molar-refractivity contribution in [3.8, 4) is 0 Å². The molecular weight excluding hydrogens is 354 g/mol. The molecule has 2 aromatic carbocycles. The summed E-state index contributed by atoms with van der Waals surface area (Å²) in [6.45, 7) is 2.17. The van der Waals surface area contributed by atoms with Gasteiger partial charge in [0.15, 0.2) is 0 Å². The summed E-state index contributed by atoms with van der Waals surface area (Å²) in [5, 5.41) is 4.13. The topological polar surface area (TPSA) is 12.0 Å². The third kappa shape index (κ3) is 4.01. The van der Waals surface area contributed by atoms with Crippen LogP contribution in [0.15, 0.2) is 51.8 Å². The van der Waals surface area contributed by atoms with Crippen molar-refractivity contribution in [3.63, 3.8) is 0 Å². The molecule has 1 unspecified atom stereocenters. The second-order valence-corrected chi connectivity index (χ2v) is 6.91. The van der Waals surface area contributed by atoms with E-state index in [4.69, 9.17) is 11.6 Å². The molecule has 1 atom stereocenters. The van der Waals surface area contributed by atoms with Crippen LogP contribution in [0.25, 0.3) is 0 Å².